The normalized spacial score (nSPS) is 11.3. The molecule has 0 bridgehead atoms. The quantitative estimate of drug-likeness (QED) is 0.0687. The van der Waals surface area contributed by atoms with Gasteiger partial charge >= 0.3 is 5.97 Å². The Kier molecular flexibility index (Phi) is 17.3. The summed E-state index contributed by atoms with van der Waals surface area (Å²) in [4.78, 5) is 25.3. The summed E-state index contributed by atoms with van der Waals surface area (Å²) in [6, 6.07) is 12.3. The van der Waals surface area contributed by atoms with Gasteiger partial charge < -0.3 is 10.1 Å². The molecule has 0 aliphatic rings. The first-order valence-corrected chi connectivity index (χ1v) is 17.8. The lowest BCUT2D eigenvalue weighted by atomic mass is 10.1. The Hall–Kier alpha value is -2.80. The fourth-order valence-corrected chi connectivity index (χ4v) is 5.93. The number of unbranched alkanes of at least 4 members (excludes halogenated alkanes) is 11. The van der Waals surface area contributed by atoms with E-state index in [9.17, 15) is 9.59 Å². The minimum Gasteiger partial charge on any atom is -0.459 e. The van der Waals surface area contributed by atoms with Crippen molar-refractivity contribution in [2.75, 3.05) is 13.2 Å². The number of aromatic nitrogens is 2. The van der Waals surface area contributed by atoms with Crippen molar-refractivity contribution >= 4 is 46.7 Å². The minimum atomic E-state index is -0.581. The molecule has 46 heavy (non-hydrogen) atoms. The summed E-state index contributed by atoms with van der Waals surface area (Å²) in [5, 5.41) is 8.90. The van der Waals surface area contributed by atoms with Crippen molar-refractivity contribution in [3.05, 3.63) is 80.9 Å². The second-order valence-corrected chi connectivity index (χ2v) is 12.9. The van der Waals surface area contributed by atoms with Crippen LogP contribution in [0.1, 0.15) is 113 Å². The average molecular weight is 689 g/mol. The van der Waals surface area contributed by atoms with Crippen LogP contribution in [0.4, 0.5) is 0 Å². The third kappa shape index (κ3) is 12.8. The topological polar surface area (TPSA) is 73.2 Å². The SMILES string of the molecule is CCCCCCCC/C=C/CCCCCCCC(=O)NCCOC(=O)c1nn(-c2ccc(Cl)cc2Cl)c(-c2ccc(Cl)cc2)c1C. The zero-order valence-corrected chi connectivity index (χ0v) is 29.5. The summed E-state index contributed by atoms with van der Waals surface area (Å²) in [7, 11) is 0. The number of carbonyl (C=O) groups excluding carboxylic acids is 2. The predicted molar refractivity (Wildman–Crippen MR) is 192 cm³/mol. The van der Waals surface area contributed by atoms with E-state index in [0.717, 1.165) is 31.2 Å². The van der Waals surface area contributed by atoms with E-state index in [1.165, 1.54) is 57.8 Å². The van der Waals surface area contributed by atoms with Crippen LogP contribution in [0.3, 0.4) is 0 Å². The van der Waals surface area contributed by atoms with Gasteiger partial charge in [-0.15, -0.1) is 0 Å². The van der Waals surface area contributed by atoms with Crippen molar-refractivity contribution in [1.29, 1.82) is 0 Å². The first-order valence-electron chi connectivity index (χ1n) is 16.7. The fourth-order valence-electron chi connectivity index (χ4n) is 5.31. The number of carbonyl (C=O) groups is 2. The number of hydrogen-bond donors (Lipinski definition) is 1. The molecule has 1 amide bonds. The molecular weight excluding hydrogens is 641 g/mol. The molecule has 0 atom stereocenters. The first-order chi connectivity index (χ1) is 22.3. The molecule has 2 aromatic carbocycles. The van der Waals surface area contributed by atoms with Gasteiger partial charge in [0.1, 0.15) is 6.61 Å². The van der Waals surface area contributed by atoms with E-state index >= 15 is 0 Å². The molecule has 3 rings (SSSR count). The van der Waals surface area contributed by atoms with E-state index in [4.69, 9.17) is 39.5 Å². The lowest BCUT2D eigenvalue weighted by Gasteiger charge is -2.11. The molecule has 250 valence electrons. The van der Waals surface area contributed by atoms with Crippen LogP contribution in [0.5, 0.6) is 0 Å². The van der Waals surface area contributed by atoms with E-state index in [1.807, 2.05) is 19.1 Å². The van der Waals surface area contributed by atoms with Crippen molar-refractivity contribution < 1.29 is 14.3 Å². The van der Waals surface area contributed by atoms with E-state index in [1.54, 1.807) is 35.0 Å². The Balaban J connectivity index is 1.36. The number of halogens is 3. The maximum Gasteiger partial charge on any atom is 0.359 e. The fraction of sp³-hybridized carbons (Fsp3) is 0.486. The van der Waals surface area contributed by atoms with Crippen molar-refractivity contribution in [3.63, 3.8) is 0 Å². The molecule has 1 aromatic heterocycles. The van der Waals surface area contributed by atoms with Crippen molar-refractivity contribution in [2.24, 2.45) is 0 Å². The van der Waals surface area contributed by atoms with Gasteiger partial charge in [0.2, 0.25) is 5.91 Å². The highest BCUT2D eigenvalue weighted by molar-refractivity contribution is 6.35. The Morgan fingerprint density at radius 1 is 0.826 bits per heavy atom. The number of hydrogen-bond acceptors (Lipinski definition) is 4. The van der Waals surface area contributed by atoms with Gasteiger partial charge in [0, 0.05) is 27.6 Å². The van der Waals surface area contributed by atoms with Crippen LogP contribution in [0.15, 0.2) is 54.6 Å². The lowest BCUT2D eigenvalue weighted by Crippen LogP contribution is -2.28. The summed E-state index contributed by atoms with van der Waals surface area (Å²) in [5.74, 6) is -0.611. The smallest absolute Gasteiger partial charge is 0.359 e. The molecule has 0 spiro atoms. The van der Waals surface area contributed by atoms with E-state index < -0.39 is 5.97 Å². The average Bonchev–Trinajstić information content (AvgIpc) is 3.38. The number of esters is 1. The number of nitrogens with zero attached hydrogens (tertiary/aromatic N) is 2. The van der Waals surface area contributed by atoms with Gasteiger partial charge in [-0.1, -0.05) is 117 Å². The Morgan fingerprint density at radius 2 is 1.43 bits per heavy atom. The number of rotatable bonds is 21. The highest BCUT2D eigenvalue weighted by atomic mass is 35.5. The maximum absolute atomic E-state index is 13.1. The van der Waals surface area contributed by atoms with Gasteiger partial charge in [0.05, 0.1) is 22.9 Å². The molecular formula is C37H48Cl3N3O3. The number of nitrogens with one attached hydrogen (secondary N) is 1. The molecule has 9 heteroatoms. The van der Waals surface area contributed by atoms with Crippen LogP contribution in [0.25, 0.3) is 16.9 Å². The summed E-state index contributed by atoms with van der Waals surface area (Å²) >= 11 is 18.7. The Labute approximate surface area is 289 Å². The predicted octanol–water partition coefficient (Wildman–Crippen LogP) is 11.1. The summed E-state index contributed by atoms with van der Waals surface area (Å²) in [6.07, 6.45) is 21.0. The van der Waals surface area contributed by atoms with Crippen LogP contribution < -0.4 is 5.32 Å². The van der Waals surface area contributed by atoms with E-state index in [0.29, 0.717) is 38.4 Å². The molecule has 0 aliphatic heterocycles. The van der Waals surface area contributed by atoms with Crippen LogP contribution in [-0.4, -0.2) is 34.8 Å². The van der Waals surface area contributed by atoms with Gasteiger partial charge in [-0.3, -0.25) is 4.79 Å². The zero-order chi connectivity index (χ0) is 33.1. The zero-order valence-electron chi connectivity index (χ0n) is 27.3. The van der Waals surface area contributed by atoms with Crippen LogP contribution in [-0.2, 0) is 9.53 Å². The van der Waals surface area contributed by atoms with Crippen molar-refractivity contribution in [3.8, 4) is 16.9 Å². The molecule has 1 heterocycles. The van der Waals surface area contributed by atoms with Crippen molar-refractivity contribution in [2.45, 2.75) is 104 Å². The molecule has 1 N–H and O–H groups in total. The molecule has 0 saturated carbocycles. The van der Waals surface area contributed by atoms with Gasteiger partial charge in [0.25, 0.3) is 0 Å². The van der Waals surface area contributed by atoms with E-state index in [-0.39, 0.29) is 24.8 Å². The monoisotopic (exact) mass is 687 g/mol. The van der Waals surface area contributed by atoms with Gasteiger partial charge in [-0.05, 0) is 69.4 Å². The van der Waals surface area contributed by atoms with E-state index in [2.05, 4.69) is 29.5 Å². The van der Waals surface area contributed by atoms with Crippen LogP contribution in [0, 0.1) is 6.92 Å². The Bertz CT molecular complexity index is 1400. The van der Waals surface area contributed by atoms with Gasteiger partial charge in [-0.2, -0.15) is 5.10 Å². The molecule has 0 radical (unpaired) electrons. The standard InChI is InChI=1S/C37H48Cl3N3O3/c1-3-4-5-6-7-8-9-10-11-12-13-14-15-16-17-18-34(44)41-25-26-46-37(45)35-28(2)36(29-19-21-30(38)22-20-29)43(42-35)33-24-23-31(39)27-32(33)40/h10-11,19-24,27H,3-9,12-18,25-26H2,1-2H3,(H,41,44)/b11-10+. The molecule has 6 nitrogen and oxygen atoms in total. The first kappa shape index (κ1) is 37.7. The molecule has 0 unspecified atom stereocenters. The highest BCUT2D eigenvalue weighted by Gasteiger charge is 2.24. The third-order valence-electron chi connectivity index (χ3n) is 7.89. The van der Waals surface area contributed by atoms with Crippen molar-refractivity contribution in [1.82, 2.24) is 15.1 Å². The van der Waals surface area contributed by atoms with Gasteiger partial charge in [0.15, 0.2) is 5.69 Å². The minimum absolute atomic E-state index is 0.0310. The molecule has 3 aromatic rings. The highest BCUT2D eigenvalue weighted by Crippen LogP contribution is 2.33. The number of amides is 1. The number of allylic oxidation sites excluding steroid dienone is 2. The number of benzene rings is 2. The maximum atomic E-state index is 13.1. The summed E-state index contributed by atoms with van der Waals surface area (Å²) in [6.45, 7) is 4.35. The Morgan fingerprint density at radius 3 is 2.09 bits per heavy atom. The second-order valence-electron chi connectivity index (χ2n) is 11.7. The third-order valence-corrected chi connectivity index (χ3v) is 8.68. The van der Waals surface area contributed by atoms with Crippen LogP contribution in [0.2, 0.25) is 15.1 Å². The summed E-state index contributed by atoms with van der Waals surface area (Å²) in [5.41, 5.74) is 2.85. The largest absolute Gasteiger partial charge is 0.459 e. The van der Waals surface area contributed by atoms with Gasteiger partial charge in [-0.25, -0.2) is 9.48 Å². The molecule has 0 fully saturated rings. The lowest BCUT2D eigenvalue weighted by molar-refractivity contribution is -0.121. The molecule has 0 saturated heterocycles. The van der Waals surface area contributed by atoms with Crippen LogP contribution >= 0.6 is 34.8 Å². The molecule has 0 aliphatic carbocycles. The second kappa shape index (κ2) is 21.1. The number of ether oxygens (including phenoxy) is 1. The summed E-state index contributed by atoms with van der Waals surface area (Å²) < 4.78 is 7.10.